The number of hydrogen-bond acceptors (Lipinski definition) is 3. The van der Waals surface area contributed by atoms with E-state index in [1.165, 1.54) is 12.8 Å². The first-order valence-electron chi connectivity index (χ1n) is 7.23. The van der Waals surface area contributed by atoms with E-state index >= 15 is 0 Å². The molecule has 2 saturated carbocycles. The van der Waals surface area contributed by atoms with Crippen LogP contribution in [0.4, 0.5) is 0 Å². The van der Waals surface area contributed by atoms with Crippen LogP contribution in [-0.4, -0.2) is 41.8 Å². The zero-order valence-electron chi connectivity index (χ0n) is 10.8. The molecule has 1 spiro atoms. The third-order valence-corrected chi connectivity index (χ3v) is 6.98. The summed E-state index contributed by atoms with van der Waals surface area (Å²) in [4.78, 5) is 0. The van der Waals surface area contributed by atoms with Crippen LogP contribution >= 0.6 is 0 Å². The molecule has 18 heavy (non-hydrogen) atoms. The van der Waals surface area contributed by atoms with Crippen LogP contribution in [-0.2, 0) is 10.0 Å². The molecule has 104 valence electrons. The molecule has 3 aliphatic rings. The van der Waals surface area contributed by atoms with Gasteiger partial charge in [0.2, 0.25) is 10.0 Å². The molecular formula is C13H23NO3S. The van der Waals surface area contributed by atoms with Crippen molar-refractivity contribution in [3.05, 3.63) is 0 Å². The predicted molar refractivity (Wildman–Crippen MR) is 69.7 cm³/mol. The summed E-state index contributed by atoms with van der Waals surface area (Å²) < 4.78 is 26.6. The molecule has 1 N–H and O–H groups in total. The summed E-state index contributed by atoms with van der Waals surface area (Å²) >= 11 is 0. The van der Waals surface area contributed by atoms with Gasteiger partial charge in [-0.05, 0) is 31.6 Å². The summed E-state index contributed by atoms with van der Waals surface area (Å²) in [6.45, 7) is 0.522. The number of aliphatic hydroxyl groups excluding tert-OH is 1. The van der Waals surface area contributed by atoms with Crippen LogP contribution in [0.5, 0.6) is 0 Å². The first-order chi connectivity index (χ1) is 8.55. The molecule has 3 rings (SSSR count). The third-order valence-electron chi connectivity index (χ3n) is 5.01. The molecule has 1 heterocycles. The van der Waals surface area contributed by atoms with Gasteiger partial charge >= 0.3 is 0 Å². The van der Waals surface area contributed by atoms with Gasteiger partial charge in [0.15, 0.2) is 0 Å². The SMILES string of the molecule is O=S(=O)(CCC1CC1)N1CCC(O)C12CCCC2. The quantitative estimate of drug-likeness (QED) is 0.844. The van der Waals surface area contributed by atoms with E-state index in [1.807, 2.05) is 0 Å². The number of sulfonamides is 1. The lowest BCUT2D eigenvalue weighted by Gasteiger charge is -2.36. The minimum Gasteiger partial charge on any atom is -0.391 e. The molecule has 1 aliphatic heterocycles. The van der Waals surface area contributed by atoms with E-state index in [4.69, 9.17) is 0 Å². The van der Waals surface area contributed by atoms with Gasteiger partial charge in [0.1, 0.15) is 0 Å². The molecule has 0 radical (unpaired) electrons. The zero-order valence-corrected chi connectivity index (χ0v) is 11.7. The Morgan fingerprint density at radius 3 is 2.44 bits per heavy atom. The van der Waals surface area contributed by atoms with Crippen molar-refractivity contribution < 1.29 is 13.5 Å². The average molecular weight is 273 g/mol. The van der Waals surface area contributed by atoms with Crippen LogP contribution in [0.1, 0.15) is 51.4 Å². The van der Waals surface area contributed by atoms with Gasteiger partial charge in [-0.3, -0.25) is 0 Å². The van der Waals surface area contributed by atoms with Crippen molar-refractivity contribution >= 4 is 10.0 Å². The Balaban J connectivity index is 1.76. The molecule has 1 atom stereocenters. The maximum Gasteiger partial charge on any atom is 0.214 e. The summed E-state index contributed by atoms with van der Waals surface area (Å²) in [6, 6.07) is 0. The molecule has 0 amide bonds. The fourth-order valence-corrected chi connectivity index (χ4v) is 5.81. The van der Waals surface area contributed by atoms with E-state index in [2.05, 4.69) is 0 Å². The Labute approximate surface area is 109 Å². The van der Waals surface area contributed by atoms with Crippen LogP contribution in [0, 0.1) is 5.92 Å². The highest BCUT2D eigenvalue weighted by Crippen LogP contribution is 2.45. The van der Waals surface area contributed by atoms with E-state index in [0.717, 1.165) is 32.1 Å². The van der Waals surface area contributed by atoms with Crippen molar-refractivity contribution in [3.63, 3.8) is 0 Å². The Hall–Kier alpha value is -0.130. The van der Waals surface area contributed by atoms with Gasteiger partial charge in [-0.2, -0.15) is 4.31 Å². The van der Waals surface area contributed by atoms with Gasteiger partial charge in [-0.1, -0.05) is 25.7 Å². The highest BCUT2D eigenvalue weighted by molar-refractivity contribution is 7.89. The van der Waals surface area contributed by atoms with Crippen LogP contribution in [0.2, 0.25) is 0 Å². The summed E-state index contributed by atoms with van der Waals surface area (Å²) in [5.74, 6) is 0.929. The maximum absolute atomic E-state index is 12.5. The molecule has 1 unspecified atom stereocenters. The second-order valence-electron chi connectivity index (χ2n) is 6.24. The van der Waals surface area contributed by atoms with Crippen molar-refractivity contribution in [2.45, 2.75) is 63.0 Å². The minimum absolute atomic E-state index is 0.284. The zero-order chi connectivity index (χ0) is 12.8. The normalized spacial score (nSPS) is 32.4. The lowest BCUT2D eigenvalue weighted by atomic mass is 9.93. The van der Waals surface area contributed by atoms with Gasteiger partial charge in [-0.25, -0.2) is 8.42 Å². The lowest BCUT2D eigenvalue weighted by molar-refractivity contribution is 0.0688. The van der Waals surface area contributed by atoms with Gasteiger partial charge in [0.25, 0.3) is 0 Å². The number of nitrogens with zero attached hydrogens (tertiary/aromatic N) is 1. The highest BCUT2D eigenvalue weighted by Gasteiger charge is 2.54. The smallest absolute Gasteiger partial charge is 0.214 e. The Morgan fingerprint density at radius 1 is 1.17 bits per heavy atom. The van der Waals surface area contributed by atoms with Crippen LogP contribution in [0.15, 0.2) is 0 Å². The summed E-state index contributed by atoms with van der Waals surface area (Å²) in [5.41, 5.74) is -0.442. The molecule has 0 aromatic rings. The fourth-order valence-electron chi connectivity index (χ4n) is 3.72. The molecule has 4 nitrogen and oxygen atoms in total. The molecular weight excluding hydrogens is 250 g/mol. The average Bonchev–Trinajstić information content (AvgIpc) is 2.95. The molecule has 3 fully saturated rings. The summed E-state index contributed by atoms with van der Waals surface area (Å²) in [5, 5.41) is 10.2. The van der Waals surface area contributed by atoms with Crippen LogP contribution < -0.4 is 0 Å². The predicted octanol–water partition coefficient (Wildman–Crippen LogP) is 1.50. The van der Waals surface area contributed by atoms with E-state index in [1.54, 1.807) is 4.31 Å². The molecule has 0 aromatic carbocycles. The number of rotatable bonds is 4. The number of hydrogen-bond donors (Lipinski definition) is 1. The summed E-state index contributed by atoms with van der Waals surface area (Å²) in [7, 11) is -3.17. The molecule has 0 bridgehead atoms. The first-order valence-corrected chi connectivity index (χ1v) is 8.84. The third kappa shape index (κ3) is 2.10. The van der Waals surface area contributed by atoms with Crippen molar-refractivity contribution in [2.24, 2.45) is 5.92 Å². The molecule has 1 saturated heterocycles. The second kappa shape index (κ2) is 4.46. The van der Waals surface area contributed by atoms with Crippen LogP contribution in [0.25, 0.3) is 0 Å². The standard InChI is InChI=1S/C13H23NO3S/c15-12-5-9-14(13(12)7-1-2-8-13)18(16,17)10-6-11-3-4-11/h11-12,15H,1-10H2. The van der Waals surface area contributed by atoms with E-state index in [0.29, 0.717) is 18.9 Å². The van der Waals surface area contributed by atoms with Gasteiger partial charge < -0.3 is 5.11 Å². The fraction of sp³-hybridized carbons (Fsp3) is 1.00. The monoisotopic (exact) mass is 273 g/mol. The molecule has 0 aromatic heterocycles. The highest BCUT2D eigenvalue weighted by atomic mass is 32.2. The Morgan fingerprint density at radius 2 is 1.83 bits per heavy atom. The van der Waals surface area contributed by atoms with Crippen LogP contribution in [0.3, 0.4) is 0 Å². The topological polar surface area (TPSA) is 57.6 Å². The van der Waals surface area contributed by atoms with Crippen molar-refractivity contribution in [3.8, 4) is 0 Å². The Bertz CT molecular complexity index is 410. The van der Waals surface area contributed by atoms with E-state index < -0.39 is 21.7 Å². The Kier molecular flexibility index (Phi) is 3.19. The van der Waals surface area contributed by atoms with E-state index in [9.17, 15) is 13.5 Å². The van der Waals surface area contributed by atoms with Crippen molar-refractivity contribution in [1.82, 2.24) is 4.31 Å². The molecule has 5 heteroatoms. The van der Waals surface area contributed by atoms with Crippen molar-refractivity contribution in [2.75, 3.05) is 12.3 Å². The largest absolute Gasteiger partial charge is 0.391 e. The second-order valence-corrected chi connectivity index (χ2v) is 8.25. The van der Waals surface area contributed by atoms with Gasteiger partial charge in [0.05, 0.1) is 17.4 Å². The van der Waals surface area contributed by atoms with Gasteiger partial charge in [0, 0.05) is 6.54 Å². The maximum atomic E-state index is 12.5. The van der Waals surface area contributed by atoms with Crippen molar-refractivity contribution in [1.29, 1.82) is 0 Å². The summed E-state index contributed by atoms with van der Waals surface area (Å²) in [6.07, 6.45) is 7.15. The van der Waals surface area contributed by atoms with Gasteiger partial charge in [-0.15, -0.1) is 0 Å². The van der Waals surface area contributed by atoms with E-state index in [-0.39, 0.29) is 5.75 Å². The first kappa shape index (κ1) is 12.9. The minimum atomic E-state index is -3.17. The number of aliphatic hydroxyl groups is 1. The lowest BCUT2D eigenvalue weighted by Crippen LogP contribution is -2.51. The molecule has 2 aliphatic carbocycles.